The van der Waals surface area contributed by atoms with Crippen LogP contribution in [-0.4, -0.2) is 38.9 Å². The van der Waals surface area contributed by atoms with E-state index in [1.54, 1.807) is 7.05 Å². The van der Waals surface area contributed by atoms with Crippen LogP contribution >= 0.6 is 11.6 Å². The van der Waals surface area contributed by atoms with Gasteiger partial charge in [-0.05, 0) is 25.1 Å². The third-order valence-corrected chi connectivity index (χ3v) is 4.43. The molecular formula is C18H23ClN6. The number of imidazole rings is 1. The molecule has 0 aromatic carbocycles. The highest BCUT2D eigenvalue weighted by Crippen LogP contribution is 2.14. The molecule has 0 radical (unpaired) electrons. The van der Waals surface area contributed by atoms with Crippen molar-refractivity contribution in [2.75, 3.05) is 14.1 Å². The first-order valence-electron chi connectivity index (χ1n) is 8.14. The highest BCUT2D eigenvalue weighted by molar-refractivity contribution is 6.30. The van der Waals surface area contributed by atoms with E-state index in [9.17, 15) is 0 Å². The molecule has 3 aromatic rings. The van der Waals surface area contributed by atoms with Crippen LogP contribution < -0.4 is 5.32 Å². The minimum Gasteiger partial charge on any atom is -0.351 e. The smallest absolute Gasteiger partial charge is 0.194 e. The van der Waals surface area contributed by atoms with Gasteiger partial charge < -0.3 is 19.2 Å². The number of pyridine rings is 1. The number of hydrogen-bond donors (Lipinski definition) is 1. The Kier molecular flexibility index (Phi) is 4.99. The lowest BCUT2D eigenvalue weighted by Crippen LogP contribution is -2.38. The summed E-state index contributed by atoms with van der Waals surface area (Å²) in [5, 5.41) is 4.11. The Morgan fingerprint density at radius 3 is 2.80 bits per heavy atom. The summed E-state index contributed by atoms with van der Waals surface area (Å²) < 4.78 is 4.12. The maximum Gasteiger partial charge on any atom is 0.194 e. The molecule has 0 aliphatic carbocycles. The predicted molar refractivity (Wildman–Crippen MR) is 102 cm³/mol. The lowest BCUT2D eigenvalue weighted by Gasteiger charge is -2.22. The maximum atomic E-state index is 6.06. The Bertz CT molecular complexity index is 908. The quantitative estimate of drug-likeness (QED) is 0.576. The van der Waals surface area contributed by atoms with Crippen LogP contribution in [0, 0.1) is 6.92 Å². The largest absolute Gasteiger partial charge is 0.351 e. The van der Waals surface area contributed by atoms with E-state index in [4.69, 9.17) is 11.6 Å². The summed E-state index contributed by atoms with van der Waals surface area (Å²) in [6, 6.07) is 8.07. The summed E-state index contributed by atoms with van der Waals surface area (Å²) in [7, 11) is 5.78. The van der Waals surface area contributed by atoms with Crippen LogP contribution in [-0.2, 0) is 20.1 Å². The third-order valence-electron chi connectivity index (χ3n) is 4.22. The molecule has 3 rings (SSSR count). The van der Waals surface area contributed by atoms with Gasteiger partial charge in [-0.25, -0.2) is 4.98 Å². The van der Waals surface area contributed by atoms with Gasteiger partial charge in [0.25, 0.3) is 0 Å². The lowest BCUT2D eigenvalue weighted by atomic mass is 10.4. The molecule has 0 atom stereocenters. The molecule has 3 aromatic heterocycles. The number of halogens is 1. The molecule has 0 fully saturated rings. The number of aryl methyl sites for hydroxylation is 2. The van der Waals surface area contributed by atoms with Crippen LogP contribution in [0.2, 0.25) is 5.02 Å². The second kappa shape index (κ2) is 7.19. The fraction of sp³-hybridized carbons (Fsp3) is 0.333. The van der Waals surface area contributed by atoms with Gasteiger partial charge in [0.1, 0.15) is 5.65 Å². The van der Waals surface area contributed by atoms with Gasteiger partial charge in [-0.1, -0.05) is 17.7 Å². The fourth-order valence-corrected chi connectivity index (χ4v) is 3.15. The van der Waals surface area contributed by atoms with Crippen molar-refractivity contribution in [1.29, 1.82) is 0 Å². The van der Waals surface area contributed by atoms with Crippen LogP contribution in [0.25, 0.3) is 5.65 Å². The number of fused-ring (bicyclic) bond motifs is 1. The fourth-order valence-electron chi connectivity index (χ4n) is 2.88. The summed E-state index contributed by atoms with van der Waals surface area (Å²) in [6.45, 7) is 3.41. The number of aromatic nitrogens is 3. The average molecular weight is 359 g/mol. The second-order valence-electron chi connectivity index (χ2n) is 6.14. The monoisotopic (exact) mass is 358 g/mol. The van der Waals surface area contributed by atoms with E-state index in [1.165, 1.54) is 5.69 Å². The van der Waals surface area contributed by atoms with E-state index in [2.05, 4.69) is 43.8 Å². The topological polar surface area (TPSA) is 49.9 Å². The summed E-state index contributed by atoms with van der Waals surface area (Å²) >= 11 is 6.06. The number of guanidine groups is 1. The van der Waals surface area contributed by atoms with Crippen molar-refractivity contribution < 1.29 is 0 Å². The van der Waals surface area contributed by atoms with E-state index >= 15 is 0 Å². The van der Waals surface area contributed by atoms with Gasteiger partial charge in [-0.3, -0.25) is 4.99 Å². The molecule has 0 amide bonds. The predicted octanol–water partition coefficient (Wildman–Crippen LogP) is 2.84. The molecule has 0 saturated heterocycles. The summed E-state index contributed by atoms with van der Waals surface area (Å²) in [4.78, 5) is 11.1. The molecule has 7 heteroatoms. The Morgan fingerprint density at radius 2 is 2.16 bits per heavy atom. The SMILES string of the molecule is CN=C(NCc1cn2c(C)cccc2n1)N(C)Cc1cc(Cl)cn1C. The van der Waals surface area contributed by atoms with Crippen LogP contribution in [0.5, 0.6) is 0 Å². The van der Waals surface area contributed by atoms with Crippen molar-refractivity contribution in [2.24, 2.45) is 12.0 Å². The third kappa shape index (κ3) is 3.79. The number of rotatable bonds is 4. The highest BCUT2D eigenvalue weighted by Gasteiger charge is 2.11. The minimum atomic E-state index is 0.617. The zero-order valence-electron chi connectivity index (χ0n) is 15.0. The molecule has 1 N–H and O–H groups in total. The zero-order chi connectivity index (χ0) is 18.0. The van der Waals surface area contributed by atoms with Crippen molar-refractivity contribution in [3.63, 3.8) is 0 Å². The van der Waals surface area contributed by atoms with E-state index in [0.29, 0.717) is 13.1 Å². The van der Waals surface area contributed by atoms with Gasteiger partial charge in [0, 0.05) is 44.9 Å². The Hall–Kier alpha value is -2.47. The molecule has 3 heterocycles. The first kappa shape index (κ1) is 17.4. The molecule has 0 unspecified atom stereocenters. The maximum absolute atomic E-state index is 6.06. The minimum absolute atomic E-state index is 0.617. The van der Waals surface area contributed by atoms with E-state index < -0.39 is 0 Å². The van der Waals surface area contributed by atoms with Gasteiger partial charge in [0.2, 0.25) is 0 Å². The molecular weight excluding hydrogens is 336 g/mol. The van der Waals surface area contributed by atoms with Gasteiger partial charge in [0.15, 0.2) is 5.96 Å². The molecule has 0 aliphatic heterocycles. The highest BCUT2D eigenvalue weighted by atomic mass is 35.5. The Morgan fingerprint density at radius 1 is 1.36 bits per heavy atom. The first-order valence-corrected chi connectivity index (χ1v) is 8.52. The van der Waals surface area contributed by atoms with Gasteiger partial charge in [-0.15, -0.1) is 0 Å². The van der Waals surface area contributed by atoms with Crippen molar-refractivity contribution >= 4 is 23.2 Å². The van der Waals surface area contributed by atoms with Crippen molar-refractivity contribution in [2.45, 2.75) is 20.0 Å². The van der Waals surface area contributed by atoms with Crippen molar-refractivity contribution in [3.8, 4) is 0 Å². The van der Waals surface area contributed by atoms with Crippen molar-refractivity contribution in [1.82, 2.24) is 24.2 Å². The lowest BCUT2D eigenvalue weighted by molar-refractivity contribution is 0.461. The number of aliphatic imine (C=N–C) groups is 1. The Balaban J connectivity index is 1.67. The van der Waals surface area contributed by atoms with Crippen LogP contribution in [0.3, 0.4) is 0 Å². The average Bonchev–Trinajstić information content (AvgIpc) is 3.12. The normalized spacial score (nSPS) is 12.0. The summed E-state index contributed by atoms with van der Waals surface area (Å²) in [5.74, 6) is 0.811. The van der Waals surface area contributed by atoms with E-state index in [0.717, 1.165) is 28.0 Å². The van der Waals surface area contributed by atoms with Crippen molar-refractivity contribution in [3.05, 3.63) is 58.8 Å². The number of hydrogen-bond acceptors (Lipinski definition) is 2. The summed E-state index contributed by atoms with van der Waals surface area (Å²) in [5.41, 5.74) is 4.22. The molecule has 0 saturated carbocycles. The van der Waals surface area contributed by atoms with Gasteiger partial charge in [-0.2, -0.15) is 0 Å². The zero-order valence-corrected chi connectivity index (χ0v) is 15.7. The summed E-state index contributed by atoms with van der Waals surface area (Å²) in [6.07, 6.45) is 3.96. The molecule has 0 aliphatic rings. The van der Waals surface area contributed by atoms with E-state index in [-0.39, 0.29) is 0 Å². The van der Waals surface area contributed by atoms with Crippen LogP contribution in [0.1, 0.15) is 17.1 Å². The standard InChI is InChI=1S/C18H23ClN6/c1-13-6-5-7-17-22-15(11-25(13)17)9-21-18(20-2)24(4)12-16-8-14(19)10-23(16)3/h5-8,10-11H,9,12H2,1-4H3,(H,20,21). The van der Waals surface area contributed by atoms with Crippen LogP contribution in [0.4, 0.5) is 0 Å². The molecule has 0 bridgehead atoms. The number of nitrogens with zero attached hydrogens (tertiary/aromatic N) is 5. The molecule has 0 spiro atoms. The Labute approximate surface area is 152 Å². The first-order chi connectivity index (χ1) is 12.0. The number of nitrogens with one attached hydrogen (secondary N) is 1. The van der Waals surface area contributed by atoms with Gasteiger partial charge >= 0.3 is 0 Å². The second-order valence-corrected chi connectivity index (χ2v) is 6.58. The van der Waals surface area contributed by atoms with Crippen LogP contribution in [0.15, 0.2) is 41.7 Å². The molecule has 25 heavy (non-hydrogen) atoms. The molecule has 132 valence electrons. The van der Waals surface area contributed by atoms with E-state index in [1.807, 2.05) is 43.1 Å². The molecule has 6 nitrogen and oxygen atoms in total. The van der Waals surface area contributed by atoms with Gasteiger partial charge in [0.05, 0.1) is 23.8 Å².